The first kappa shape index (κ1) is 19.6. The first-order valence-electron chi connectivity index (χ1n) is 8.05. The summed E-state index contributed by atoms with van der Waals surface area (Å²) in [4.78, 5) is 0. The Hall–Kier alpha value is -0.755. The monoisotopic (exact) mass is 373 g/mol. The van der Waals surface area contributed by atoms with Gasteiger partial charge in [0.05, 0.1) is 22.6 Å². The van der Waals surface area contributed by atoms with Gasteiger partial charge in [-0.05, 0) is 64.2 Å². The molecule has 1 aliphatic rings. The highest BCUT2D eigenvalue weighted by Gasteiger charge is 2.51. The van der Waals surface area contributed by atoms with Crippen molar-refractivity contribution >= 4 is 39.9 Å². The molecule has 2 rings (SSSR count). The standard InChI is InChI=1S/C16H25BClNO4S/c1-7-8-24(20,21)19-14-10-12(9-13(18)11(14)2)17-22-15(3,4)16(5,6)23-17/h9-10,19H,7-8H2,1-6H3. The van der Waals surface area contributed by atoms with Gasteiger partial charge in [0.15, 0.2) is 0 Å². The highest BCUT2D eigenvalue weighted by molar-refractivity contribution is 7.92. The third-order valence-electron chi connectivity index (χ3n) is 4.63. The minimum Gasteiger partial charge on any atom is -0.399 e. The number of anilines is 1. The van der Waals surface area contributed by atoms with E-state index in [9.17, 15) is 8.42 Å². The molecule has 1 N–H and O–H groups in total. The minimum absolute atomic E-state index is 0.0603. The van der Waals surface area contributed by atoms with Gasteiger partial charge in [-0.3, -0.25) is 4.72 Å². The summed E-state index contributed by atoms with van der Waals surface area (Å²) >= 11 is 6.30. The summed E-state index contributed by atoms with van der Waals surface area (Å²) in [6.45, 7) is 11.5. The van der Waals surface area contributed by atoms with Crippen LogP contribution in [0.1, 0.15) is 46.6 Å². The Morgan fingerprint density at radius 2 is 1.71 bits per heavy atom. The molecule has 24 heavy (non-hydrogen) atoms. The largest absolute Gasteiger partial charge is 0.494 e. The molecule has 134 valence electrons. The first-order chi connectivity index (χ1) is 10.9. The topological polar surface area (TPSA) is 64.6 Å². The highest BCUT2D eigenvalue weighted by Crippen LogP contribution is 2.37. The lowest BCUT2D eigenvalue weighted by Gasteiger charge is -2.32. The second-order valence-electron chi connectivity index (χ2n) is 7.18. The van der Waals surface area contributed by atoms with Gasteiger partial charge >= 0.3 is 7.12 Å². The summed E-state index contributed by atoms with van der Waals surface area (Å²) in [6, 6.07) is 3.49. The molecule has 1 aromatic rings. The molecular formula is C16H25BClNO4S. The van der Waals surface area contributed by atoms with Crippen LogP contribution in [0, 0.1) is 6.92 Å². The number of hydrogen-bond acceptors (Lipinski definition) is 4. The lowest BCUT2D eigenvalue weighted by molar-refractivity contribution is 0.00578. The average molecular weight is 374 g/mol. The summed E-state index contributed by atoms with van der Waals surface area (Å²) in [5.74, 6) is 0.0603. The lowest BCUT2D eigenvalue weighted by Crippen LogP contribution is -2.41. The van der Waals surface area contributed by atoms with E-state index in [1.165, 1.54) is 0 Å². The molecule has 5 nitrogen and oxygen atoms in total. The van der Waals surface area contributed by atoms with Gasteiger partial charge in [-0.1, -0.05) is 18.5 Å². The molecule has 0 spiro atoms. The molecule has 0 atom stereocenters. The minimum atomic E-state index is -3.40. The van der Waals surface area contributed by atoms with Crippen LogP contribution < -0.4 is 10.2 Å². The van der Waals surface area contributed by atoms with Gasteiger partial charge in [0, 0.05) is 5.02 Å². The molecule has 1 saturated heterocycles. The molecule has 1 heterocycles. The maximum Gasteiger partial charge on any atom is 0.494 e. The van der Waals surface area contributed by atoms with Crippen LogP contribution in [0.3, 0.4) is 0 Å². The number of nitrogens with one attached hydrogen (secondary N) is 1. The zero-order chi connectivity index (χ0) is 18.3. The Labute approximate surface area is 150 Å². The highest BCUT2D eigenvalue weighted by atomic mass is 35.5. The van der Waals surface area contributed by atoms with Crippen molar-refractivity contribution in [3.63, 3.8) is 0 Å². The van der Waals surface area contributed by atoms with Crippen molar-refractivity contribution in [2.45, 2.75) is 59.2 Å². The average Bonchev–Trinajstić information content (AvgIpc) is 2.63. The molecule has 0 unspecified atom stereocenters. The van der Waals surface area contributed by atoms with Crippen molar-refractivity contribution in [1.29, 1.82) is 0 Å². The van der Waals surface area contributed by atoms with E-state index in [-0.39, 0.29) is 5.75 Å². The molecule has 1 fully saturated rings. The number of rotatable bonds is 5. The predicted molar refractivity (Wildman–Crippen MR) is 99.6 cm³/mol. The zero-order valence-electron chi connectivity index (χ0n) is 15.1. The molecule has 1 aromatic carbocycles. The van der Waals surface area contributed by atoms with Gasteiger partial charge in [0.1, 0.15) is 0 Å². The molecule has 1 aliphatic heterocycles. The van der Waals surface area contributed by atoms with E-state index in [2.05, 4.69) is 4.72 Å². The van der Waals surface area contributed by atoms with Gasteiger partial charge in [0.2, 0.25) is 10.0 Å². The van der Waals surface area contributed by atoms with Crippen molar-refractivity contribution in [3.8, 4) is 0 Å². The summed E-state index contributed by atoms with van der Waals surface area (Å²) in [5.41, 5.74) is 0.879. The van der Waals surface area contributed by atoms with Crippen LogP contribution in [0.2, 0.25) is 5.02 Å². The van der Waals surface area contributed by atoms with Crippen LogP contribution in [-0.4, -0.2) is 32.5 Å². The van der Waals surface area contributed by atoms with Crippen molar-refractivity contribution in [3.05, 3.63) is 22.7 Å². The van der Waals surface area contributed by atoms with Crippen molar-refractivity contribution in [1.82, 2.24) is 0 Å². The molecule has 0 radical (unpaired) electrons. The number of halogens is 1. The van der Waals surface area contributed by atoms with Gasteiger partial charge in [0.25, 0.3) is 0 Å². The maximum absolute atomic E-state index is 12.1. The van der Waals surface area contributed by atoms with Crippen LogP contribution in [-0.2, 0) is 19.3 Å². The van der Waals surface area contributed by atoms with Crippen molar-refractivity contribution in [2.24, 2.45) is 0 Å². The molecule has 0 aromatic heterocycles. The molecule has 8 heteroatoms. The summed E-state index contributed by atoms with van der Waals surface area (Å²) in [7, 11) is -4.00. The summed E-state index contributed by atoms with van der Waals surface area (Å²) in [5, 5.41) is 0.469. The molecule has 0 amide bonds. The van der Waals surface area contributed by atoms with Gasteiger partial charge in [-0.15, -0.1) is 0 Å². The lowest BCUT2D eigenvalue weighted by atomic mass is 9.78. The Bertz CT molecular complexity index is 718. The fraction of sp³-hybridized carbons (Fsp3) is 0.625. The smallest absolute Gasteiger partial charge is 0.399 e. The quantitative estimate of drug-likeness (QED) is 0.806. The van der Waals surface area contributed by atoms with E-state index in [0.29, 0.717) is 28.2 Å². The Morgan fingerprint density at radius 3 is 2.21 bits per heavy atom. The van der Waals surface area contributed by atoms with E-state index >= 15 is 0 Å². The molecule has 0 aliphatic carbocycles. The molecule has 0 bridgehead atoms. The molecular weight excluding hydrogens is 349 g/mol. The second-order valence-corrected chi connectivity index (χ2v) is 9.43. The third-order valence-corrected chi connectivity index (χ3v) is 6.50. The van der Waals surface area contributed by atoms with E-state index in [4.69, 9.17) is 20.9 Å². The Morgan fingerprint density at radius 1 is 1.17 bits per heavy atom. The Balaban J connectivity index is 2.38. The summed E-state index contributed by atoms with van der Waals surface area (Å²) in [6.07, 6.45) is 0.541. The molecule has 0 saturated carbocycles. The maximum atomic E-state index is 12.1. The number of sulfonamides is 1. The normalized spacial score (nSPS) is 19.5. The first-order valence-corrected chi connectivity index (χ1v) is 10.1. The summed E-state index contributed by atoms with van der Waals surface area (Å²) < 4.78 is 38.8. The SMILES string of the molecule is CCCS(=O)(=O)Nc1cc(B2OC(C)(C)C(C)(C)O2)cc(Cl)c1C. The van der Waals surface area contributed by atoms with Crippen LogP contribution >= 0.6 is 11.6 Å². The fourth-order valence-corrected chi connectivity index (χ4v) is 3.82. The van der Waals surface area contributed by atoms with Crippen LogP contribution in [0.5, 0.6) is 0 Å². The van der Waals surface area contributed by atoms with Crippen molar-refractivity contribution in [2.75, 3.05) is 10.5 Å². The van der Waals surface area contributed by atoms with Crippen LogP contribution in [0.25, 0.3) is 0 Å². The number of benzene rings is 1. The van der Waals surface area contributed by atoms with E-state index in [1.54, 1.807) is 19.1 Å². The van der Waals surface area contributed by atoms with E-state index < -0.39 is 28.3 Å². The van der Waals surface area contributed by atoms with Gasteiger partial charge in [-0.2, -0.15) is 0 Å². The van der Waals surface area contributed by atoms with Crippen molar-refractivity contribution < 1.29 is 17.7 Å². The van der Waals surface area contributed by atoms with Crippen LogP contribution in [0.15, 0.2) is 12.1 Å². The van der Waals surface area contributed by atoms with E-state index in [0.717, 1.165) is 0 Å². The fourth-order valence-electron chi connectivity index (χ4n) is 2.41. The van der Waals surface area contributed by atoms with E-state index in [1.807, 2.05) is 34.6 Å². The predicted octanol–water partition coefficient (Wildman–Crippen LogP) is 3.10. The van der Waals surface area contributed by atoms with Crippen LogP contribution in [0.4, 0.5) is 5.69 Å². The number of hydrogen-bond donors (Lipinski definition) is 1. The second kappa shape index (κ2) is 6.52. The third kappa shape index (κ3) is 3.90. The van der Waals surface area contributed by atoms with Gasteiger partial charge < -0.3 is 9.31 Å². The Kier molecular flexibility index (Phi) is 5.32. The van der Waals surface area contributed by atoms with Gasteiger partial charge in [-0.25, -0.2) is 8.42 Å². The zero-order valence-corrected chi connectivity index (χ0v) is 16.6.